The number of aryl methyl sites for hydroxylation is 1. The normalized spacial score (nSPS) is 16.1. The molecule has 0 bridgehead atoms. The van der Waals surface area contributed by atoms with E-state index < -0.39 is 0 Å². The van der Waals surface area contributed by atoms with Crippen LogP contribution < -0.4 is 4.80 Å². The summed E-state index contributed by atoms with van der Waals surface area (Å²) in [5, 5.41) is 0. The van der Waals surface area contributed by atoms with E-state index >= 15 is 0 Å². The summed E-state index contributed by atoms with van der Waals surface area (Å²) < 4.78 is 14.9. The number of nitrogens with zero attached hydrogens (tertiary/aromatic N) is 3. The zero-order valence-electron chi connectivity index (χ0n) is 12.5. The second-order valence-electron chi connectivity index (χ2n) is 5.41. The molecule has 4 nitrogen and oxygen atoms in total. The lowest BCUT2D eigenvalue weighted by Gasteiger charge is -2.24. The highest BCUT2D eigenvalue weighted by Crippen LogP contribution is 2.12. The van der Waals surface area contributed by atoms with Gasteiger partial charge in [0, 0.05) is 29.9 Å². The molecule has 22 heavy (non-hydrogen) atoms. The zero-order chi connectivity index (χ0) is 15.5. The van der Waals surface area contributed by atoms with Crippen molar-refractivity contribution in [3.05, 3.63) is 46.0 Å². The molecule has 0 atom stereocenters. The van der Waals surface area contributed by atoms with Gasteiger partial charge in [-0.1, -0.05) is 0 Å². The van der Waals surface area contributed by atoms with Gasteiger partial charge < -0.3 is 4.90 Å². The molecule has 3 rings (SSSR count). The smallest absolute Gasteiger partial charge is 0.323 e. The summed E-state index contributed by atoms with van der Waals surface area (Å²) in [7, 11) is 0. The molecule has 1 aromatic carbocycles. The summed E-state index contributed by atoms with van der Waals surface area (Å²) in [6.07, 6.45) is 5.18. The largest absolute Gasteiger partial charge is 0.346 e. The number of hydrogen-bond donors (Lipinski definition) is 0. The van der Waals surface area contributed by atoms with Gasteiger partial charge in [-0.15, -0.1) is 11.3 Å². The minimum atomic E-state index is -0.279. The van der Waals surface area contributed by atoms with Crippen molar-refractivity contribution in [1.29, 1.82) is 0 Å². The van der Waals surface area contributed by atoms with Crippen LogP contribution in [0.3, 0.4) is 0 Å². The highest BCUT2D eigenvalue weighted by Gasteiger charge is 2.16. The number of carbonyl (C=O) groups is 1. The molecular weight excluding hydrogens is 301 g/mol. The number of thiazole rings is 1. The molecule has 1 aliphatic rings. The van der Waals surface area contributed by atoms with Gasteiger partial charge in [-0.05, 0) is 50.5 Å². The fourth-order valence-corrected chi connectivity index (χ4v) is 3.38. The van der Waals surface area contributed by atoms with Crippen LogP contribution in [0.4, 0.5) is 9.18 Å². The van der Waals surface area contributed by atoms with Crippen LogP contribution in [0.15, 0.2) is 35.5 Å². The first-order valence-electron chi connectivity index (χ1n) is 7.42. The number of aromatic nitrogens is 1. The lowest BCUT2D eigenvalue weighted by molar-refractivity contribution is 0.195. The number of amides is 2. The molecule has 2 heterocycles. The topological polar surface area (TPSA) is 37.6 Å². The third-order valence-corrected chi connectivity index (χ3v) is 4.59. The number of rotatable bonds is 1. The molecule has 0 N–H and O–H groups in total. The van der Waals surface area contributed by atoms with E-state index in [2.05, 4.69) is 4.99 Å². The van der Waals surface area contributed by atoms with Gasteiger partial charge in [0.05, 0.1) is 0 Å². The second-order valence-corrected chi connectivity index (χ2v) is 6.63. The fraction of sp³-hybridized carbons (Fsp3) is 0.375. The van der Waals surface area contributed by atoms with Crippen LogP contribution in [0, 0.1) is 12.7 Å². The molecule has 1 saturated heterocycles. The predicted octanol–water partition coefficient (Wildman–Crippen LogP) is 3.49. The average Bonchev–Trinajstić information content (AvgIpc) is 2.89. The Hall–Kier alpha value is -1.95. The van der Waals surface area contributed by atoms with Crippen LogP contribution in [0.5, 0.6) is 0 Å². The summed E-state index contributed by atoms with van der Waals surface area (Å²) in [6.45, 7) is 3.53. The minimum Gasteiger partial charge on any atom is -0.323 e. The van der Waals surface area contributed by atoms with E-state index in [9.17, 15) is 9.18 Å². The Labute approximate surface area is 132 Å². The summed E-state index contributed by atoms with van der Waals surface area (Å²) >= 11 is 1.46. The number of carbonyl (C=O) groups excluding carboxylic acids is 1. The van der Waals surface area contributed by atoms with Crippen LogP contribution >= 0.6 is 11.3 Å². The maximum atomic E-state index is 13.1. The van der Waals surface area contributed by atoms with Crippen molar-refractivity contribution in [2.24, 2.45) is 4.99 Å². The quantitative estimate of drug-likeness (QED) is 0.793. The Morgan fingerprint density at radius 1 is 1.18 bits per heavy atom. The first kappa shape index (κ1) is 15.0. The molecule has 2 aromatic rings. The predicted molar refractivity (Wildman–Crippen MR) is 84.7 cm³/mol. The molecule has 1 fully saturated rings. The van der Waals surface area contributed by atoms with Crippen molar-refractivity contribution in [1.82, 2.24) is 9.47 Å². The van der Waals surface area contributed by atoms with Gasteiger partial charge in [-0.2, -0.15) is 4.99 Å². The first-order chi connectivity index (χ1) is 10.6. The Kier molecular flexibility index (Phi) is 4.38. The average molecular weight is 319 g/mol. The monoisotopic (exact) mass is 319 g/mol. The number of halogens is 1. The van der Waals surface area contributed by atoms with Gasteiger partial charge in [0.2, 0.25) is 0 Å². The van der Waals surface area contributed by atoms with E-state index in [1.54, 1.807) is 17.0 Å². The molecule has 1 aliphatic heterocycles. The molecule has 0 spiro atoms. The van der Waals surface area contributed by atoms with E-state index in [4.69, 9.17) is 0 Å². The van der Waals surface area contributed by atoms with E-state index in [-0.39, 0.29) is 11.8 Å². The lowest BCUT2D eigenvalue weighted by Crippen LogP contribution is -2.34. The zero-order valence-corrected chi connectivity index (χ0v) is 13.3. The van der Waals surface area contributed by atoms with Crippen LogP contribution in [-0.4, -0.2) is 28.6 Å². The number of benzene rings is 1. The van der Waals surface area contributed by atoms with E-state index in [0.29, 0.717) is 4.80 Å². The maximum absolute atomic E-state index is 13.1. The van der Waals surface area contributed by atoms with Crippen LogP contribution in [0.25, 0.3) is 5.69 Å². The Bertz CT molecular complexity index is 727. The second kappa shape index (κ2) is 6.44. The first-order valence-corrected chi connectivity index (χ1v) is 8.24. The van der Waals surface area contributed by atoms with Gasteiger partial charge in [0.25, 0.3) is 0 Å². The van der Waals surface area contributed by atoms with Crippen LogP contribution in [0.1, 0.15) is 24.1 Å². The van der Waals surface area contributed by atoms with Gasteiger partial charge in [0.15, 0.2) is 4.80 Å². The molecule has 0 radical (unpaired) electrons. The standard InChI is InChI=1S/C16H18FN3OS/c1-12-11-20(14-7-5-13(17)6-8-14)16(22-12)18-15(21)19-9-3-2-4-10-19/h5-8,11H,2-4,9-10H2,1H3. The van der Waals surface area contributed by atoms with Gasteiger partial charge >= 0.3 is 6.03 Å². The van der Waals surface area contributed by atoms with E-state index in [1.165, 1.54) is 29.9 Å². The molecule has 0 unspecified atom stereocenters. The highest BCUT2D eigenvalue weighted by molar-refractivity contribution is 7.09. The summed E-state index contributed by atoms with van der Waals surface area (Å²) in [5.74, 6) is -0.279. The van der Waals surface area contributed by atoms with Crippen LogP contribution in [0.2, 0.25) is 0 Å². The van der Waals surface area contributed by atoms with Crippen molar-refractivity contribution in [2.75, 3.05) is 13.1 Å². The molecule has 116 valence electrons. The van der Waals surface area contributed by atoms with E-state index in [0.717, 1.165) is 36.5 Å². The summed E-state index contributed by atoms with van der Waals surface area (Å²) in [5.41, 5.74) is 0.802. The van der Waals surface area contributed by atoms with Crippen molar-refractivity contribution in [3.8, 4) is 5.69 Å². The molecule has 2 amide bonds. The van der Waals surface area contributed by atoms with Gasteiger partial charge in [-0.25, -0.2) is 9.18 Å². The van der Waals surface area contributed by atoms with Crippen molar-refractivity contribution in [3.63, 3.8) is 0 Å². The van der Waals surface area contributed by atoms with Crippen molar-refractivity contribution >= 4 is 17.4 Å². The number of urea groups is 1. The Morgan fingerprint density at radius 3 is 2.55 bits per heavy atom. The molecule has 1 aromatic heterocycles. The SMILES string of the molecule is Cc1cn(-c2ccc(F)cc2)c(=NC(=O)N2CCCCC2)s1. The number of likely N-dealkylation sites (tertiary alicyclic amines) is 1. The molecule has 0 aliphatic carbocycles. The maximum Gasteiger partial charge on any atom is 0.346 e. The van der Waals surface area contributed by atoms with Gasteiger partial charge in [0.1, 0.15) is 5.82 Å². The third-order valence-electron chi connectivity index (χ3n) is 3.69. The third kappa shape index (κ3) is 3.27. The summed E-state index contributed by atoms with van der Waals surface area (Å²) in [6, 6.07) is 6.01. The van der Waals surface area contributed by atoms with Crippen molar-refractivity contribution < 1.29 is 9.18 Å². The Balaban J connectivity index is 1.95. The molecular formula is C16H18FN3OS. The van der Waals surface area contributed by atoms with Gasteiger partial charge in [-0.3, -0.25) is 4.57 Å². The minimum absolute atomic E-state index is 0.183. The van der Waals surface area contributed by atoms with Crippen LogP contribution in [-0.2, 0) is 0 Å². The van der Waals surface area contributed by atoms with E-state index in [1.807, 2.05) is 17.7 Å². The Morgan fingerprint density at radius 2 is 1.86 bits per heavy atom. The fourth-order valence-electron chi connectivity index (χ4n) is 2.56. The lowest BCUT2D eigenvalue weighted by atomic mass is 10.1. The number of hydrogen-bond acceptors (Lipinski definition) is 2. The summed E-state index contributed by atoms with van der Waals surface area (Å²) in [4.78, 5) is 20.1. The molecule has 6 heteroatoms. The highest BCUT2D eigenvalue weighted by atomic mass is 32.1. The van der Waals surface area contributed by atoms with Crippen molar-refractivity contribution in [2.45, 2.75) is 26.2 Å². The number of piperidine rings is 1. The molecule has 0 saturated carbocycles.